The second-order valence-corrected chi connectivity index (χ2v) is 4.63. The summed E-state index contributed by atoms with van der Waals surface area (Å²) in [5.41, 5.74) is 0.950. The van der Waals surface area contributed by atoms with Crippen LogP contribution in [0, 0.1) is 0 Å². The number of nitrogens with zero attached hydrogens (tertiary/aromatic N) is 4. The van der Waals surface area contributed by atoms with Gasteiger partial charge in [0.1, 0.15) is 11.5 Å². The van der Waals surface area contributed by atoms with Gasteiger partial charge in [0.2, 0.25) is 0 Å². The molecule has 17 heavy (non-hydrogen) atoms. The maximum Gasteiger partial charge on any atom is 0.175 e. The van der Waals surface area contributed by atoms with E-state index in [9.17, 15) is 0 Å². The molecule has 1 aliphatic heterocycles. The Balaban J connectivity index is 2.03. The fourth-order valence-corrected chi connectivity index (χ4v) is 2.52. The van der Waals surface area contributed by atoms with Gasteiger partial charge in [-0.2, -0.15) is 0 Å². The molecule has 1 saturated heterocycles. The largest absolute Gasteiger partial charge is 0.378 e. The van der Waals surface area contributed by atoms with Crippen LogP contribution in [0.1, 0.15) is 0 Å². The highest BCUT2D eigenvalue weighted by molar-refractivity contribution is 7.98. The summed E-state index contributed by atoms with van der Waals surface area (Å²) in [7, 11) is 0. The van der Waals surface area contributed by atoms with Gasteiger partial charge in [0.05, 0.1) is 13.2 Å². The molecule has 0 bridgehead atoms. The lowest BCUT2D eigenvalue weighted by molar-refractivity contribution is 0.122. The van der Waals surface area contributed by atoms with Crippen LogP contribution >= 0.6 is 11.8 Å². The lowest BCUT2D eigenvalue weighted by Crippen LogP contribution is -2.36. The summed E-state index contributed by atoms with van der Waals surface area (Å²) >= 11 is 1.64. The lowest BCUT2D eigenvalue weighted by Gasteiger charge is -2.28. The van der Waals surface area contributed by atoms with E-state index in [-0.39, 0.29) is 0 Å². The summed E-state index contributed by atoms with van der Waals surface area (Å²) in [6.07, 6.45) is 5.78. The summed E-state index contributed by atoms with van der Waals surface area (Å²) in [5.74, 6) is 0.997. The van der Waals surface area contributed by atoms with Crippen molar-refractivity contribution in [1.29, 1.82) is 0 Å². The zero-order valence-corrected chi connectivity index (χ0v) is 10.5. The van der Waals surface area contributed by atoms with Crippen molar-refractivity contribution in [2.45, 2.75) is 5.16 Å². The molecule has 0 saturated carbocycles. The minimum absolute atomic E-state index is 0.774. The quantitative estimate of drug-likeness (QED) is 0.593. The molecule has 0 N–H and O–H groups in total. The second-order valence-electron chi connectivity index (χ2n) is 3.86. The smallest absolute Gasteiger partial charge is 0.175 e. The average Bonchev–Trinajstić information content (AvgIpc) is 2.86. The van der Waals surface area contributed by atoms with E-state index in [2.05, 4.69) is 14.9 Å². The molecule has 90 valence electrons. The monoisotopic (exact) mass is 250 g/mol. The Morgan fingerprint density at radius 2 is 2.18 bits per heavy atom. The van der Waals surface area contributed by atoms with Crippen LogP contribution in [-0.4, -0.2) is 46.9 Å². The Kier molecular flexibility index (Phi) is 2.90. The standard InChI is InChI=1S/C11H14N4OS/c1-17-11-13-10(14-4-6-16-7-5-14)8-9-12-2-3-15(9)11/h2-3,8H,4-7H2,1H3. The highest BCUT2D eigenvalue weighted by Crippen LogP contribution is 2.21. The van der Waals surface area contributed by atoms with Gasteiger partial charge in [-0.3, -0.25) is 4.40 Å². The fourth-order valence-electron chi connectivity index (χ4n) is 1.98. The molecular formula is C11H14N4OS. The summed E-state index contributed by atoms with van der Waals surface area (Å²) in [4.78, 5) is 11.3. The van der Waals surface area contributed by atoms with E-state index in [4.69, 9.17) is 4.74 Å². The van der Waals surface area contributed by atoms with Gasteiger partial charge < -0.3 is 9.64 Å². The van der Waals surface area contributed by atoms with Crippen molar-refractivity contribution < 1.29 is 4.74 Å². The maximum absolute atomic E-state index is 5.35. The molecule has 0 radical (unpaired) electrons. The number of rotatable bonds is 2. The molecule has 0 amide bonds. The zero-order chi connectivity index (χ0) is 11.7. The third-order valence-corrected chi connectivity index (χ3v) is 3.51. The normalized spacial score (nSPS) is 16.6. The Bertz CT molecular complexity index is 521. The molecule has 1 aliphatic rings. The molecule has 1 fully saturated rings. The van der Waals surface area contributed by atoms with Gasteiger partial charge in [0.15, 0.2) is 5.16 Å². The SMILES string of the molecule is CSc1nc(N2CCOCC2)cc2nccn12. The summed E-state index contributed by atoms with van der Waals surface area (Å²) in [5, 5.41) is 0.974. The van der Waals surface area contributed by atoms with E-state index in [1.165, 1.54) is 0 Å². The molecule has 3 heterocycles. The number of fused-ring (bicyclic) bond motifs is 1. The first-order chi connectivity index (χ1) is 8.38. The number of ether oxygens (including phenoxy) is 1. The number of anilines is 1. The van der Waals surface area contributed by atoms with Gasteiger partial charge in [-0.25, -0.2) is 9.97 Å². The average molecular weight is 250 g/mol. The van der Waals surface area contributed by atoms with E-state index in [0.717, 1.165) is 42.9 Å². The molecule has 6 heteroatoms. The lowest BCUT2D eigenvalue weighted by atomic mass is 10.4. The van der Waals surface area contributed by atoms with Gasteiger partial charge >= 0.3 is 0 Å². The van der Waals surface area contributed by atoms with Crippen LogP contribution in [0.3, 0.4) is 0 Å². The van der Waals surface area contributed by atoms with Crippen LogP contribution in [0.2, 0.25) is 0 Å². The Morgan fingerprint density at radius 1 is 1.35 bits per heavy atom. The van der Waals surface area contributed by atoms with Crippen molar-refractivity contribution in [3.63, 3.8) is 0 Å². The van der Waals surface area contributed by atoms with Gasteiger partial charge in [0, 0.05) is 31.5 Å². The van der Waals surface area contributed by atoms with Crippen LogP contribution in [-0.2, 0) is 4.74 Å². The molecule has 2 aromatic rings. The Hall–Kier alpha value is -1.27. The first-order valence-corrected chi connectivity index (χ1v) is 6.82. The van der Waals surface area contributed by atoms with Gasteiger partial charge in [-0.05, 0) is 6.26 Å². The Morgan fingerprint density at radius 3 is 2.94 bits per heavy atom. The van der Waals surface area contributed by atoms with Crippen LogP contribution in [0.25, 0.3) is 5.65 Å². The summed E-state index contributed by atoms with van der Waals surface area (Å²) < 4.78 is 7.36. The summed E-state index contributed by atoms with van der Waals surface area (Å²) in [6, 6.07) is 2.03. The van der Waals surface area contributed by atoms with Crippen LogP contribution in [0.15, 0.2) is 23.6 Å². The third kappa shape index (κ3) is 1.98. The molecule has 0 spiro atoms. The van der Waals surface area contributed by atoms with Gasteiger partial charge in [-0.1, -0.05) is 11.8 Å². The predicted octanol–water partition coefficient (Wildman–Crippen LogP) is 1.29. The van der Waals surface area contributed by atoms with E-state index in [0.29, 0.717) is 0 Å². The van der Waals surface area contributed by atoms with E-state index < -0.39 is 0 Å². The minimum Gasteiger partial charge on any atom is -0.378 e. The third-order valence-electron chi connectivity index (χ3n) is 2.86. The number of imidazole rings is 1. The molecule has 2 aromatic heterocycles. The highest BCUT2D eigenvalue weighted by atomic mass is 32.2. The number of thioether (sulfide) groups is 1. The molecular weight excluding hydrogens is 236 g/mol. The van der Waals surface area contributed by atoms with Crippen molar-refractivity contribution in [2.24, 2.45) is 0 Å². The second kappa shape index (κ2) is 4.54. The van der Waals surface area contributed by atoms with Crippen LogP contribution < -0.4 is 4.90 Å². The number of aromatic nitrogens is 3. The predicted molar refractivity (Wildman–Crippen MR) is 67.8 cm³/mol. The van der Waals surface area contributed by atoms with E-state index in [1.807, 2.05) is 22.9 Å². The van der Waals surface area contributed by atoms with E-state index >= 15 is 0 Å². The van der Waals surface area contributed by atoms with E-state index in [1.54, 1.807) is 18.0 Å². The molecule has 3 rings (SSSR count). The van der Waals surface area contributed by atoms with Crippen molar-refractivity contribution >= 4 is 23.2 Å². The first-order valence-electron chi connectivity index (χ1n) is 5.59. The minimum atomic E-state index is 0.774. The van der Waals surface area contributed by atoms with Crippen molar-refractivity contribution in [2.75, 3.05) is 37.5 Å². The van der Waals surface area contributed by atoms with Crippen molar-refractivity contribution in [3.8, 4) is 0 Å². The topological polar surface area (TPSA) is 42.7 Å². The molecule has 0 atom stereocenters. The number of morpholine rings is 1. The Labute approximate surface area is 104 Å². The first kappa shape index (κ1) is 10.9. The zero-order valence-electron chi connectivity index (χ0n) is 9.67. The fraction of sp³-hybridized carbons (Fsp3) is 0.455. The van der Waals surface area contributed by atoms with Crippen molar-refractivity contribution in [1.82, 2.24) is 14.4 Å². The number of hydrogen-bond donors (Lipinski definition) is 0. The summed E-state index contributed by atoms with van der Waals surface area (Å²) in [6.45, 7) is 3.35. The maximum atomic E-state index is 5.35. The van der Waals surface area contributed by atoms with Crippen molar-refractivity contribution in [3.05, 3.63) is 18.5 Å². The molecule has 0 unspecified atom stereocenters. The van der Waals surface area contributed by atoms with Crippen LogP contribution in [0.4, 0.5) is 5.82 Å². The molecule has 0 aromatic carbocycles. The molecule has 5 nitrogen and oxygen atoms in total. The number of hydrogen-bond acceptors (Lipinski definition) is 5. The van der Waals surface area contributed by atoms with Gasteiger partial charge in [-0.15, -0.1) is 0 Å². The highest BCUT2D eigenvalue weighted by Gasteiger charge is 2.15. The molecule has 0 aliphatic carbocycles. The van der Waals surface area contributed by atoms with Gasteiger partial charge in [0.25, 0.3) is 0 Å². The van der Waals surface area contributed by atoms with Crippen LogP contribution in [0.5, 0.6) is 0 Å².